The fraction of sp³-hybridized carbons (Fsp3) is 0.188. The molecule has 0 aliphatic heterocycles. The number of halogens is 1. The van der Waals surface area contributed by atoms with Crippen LogP contribution in [0.2, 0.25) is 0 Å². The zero-order valence-electron chi connectivity index (χ0n) is 11.5. The lowest BCUT2D eigenvalue weighted by atomic mass is 10.1. The molecule has 0 N–H and O–H groups in total. The summed E-state index contributed by atoms with van der Waals surface area (Å²) in [6, 6.07) is 14.0. The summed E-state index contributed by atoms with van der Waals surface area (Å²) in [5, 5.41) is 3.86. The third-order valence-electron chi connectivity index (χ3n) is 2.85. The Labute approximate surface area is 117 Å². The minimum Gasteiger partial charge on any atom is -0.489 e. The highest BCUT2D eigenvalue weighted by molar-refractivity contribution is 5.98. The van der Waals surface area contributed by atoms with Gasteiger partial charge >= 0.3 is 0 Å². The third-order valence-corrected chi connectivity index (χ3v) is 2.85. The lowest BCUT2D eigenvalue weighted by molar-refractivity contribution is 0.213. The molecule has 0 bridgehead atoms. The normalized spacial score (nSPS) is 11.2. The first-order valence-electron chi connectivity index (χ1n) is 6.25. The molecule has 0 aliphatic rings. The number of rotatable bonds is 5. The highest BCUT2D eigenvalue weighted by Crippen LogP contribution is 2.16. The number of hydrogen-bond acceptors (Lipinski definition) is 3. The first-order valence-corrected chi connectivity index (χ1v) is 6.25. The number of benzene rings is 2. The fourth-order valence-corrected chi connectivity index (χ4v) is 1.76. The second-order valence-electron chi connectivity index (χ2n) is 4.26. The van der Waals surface area contributed by atoms with Crippen molar-refractivity contribution in [3.8, 4) is 5.75 Å². The molecule has 0 unspecified atom stereocenters. The van der Waals surface area contributed by atoms with E-state index < -0.39 is 0 Å². The quantitative estimate of drug-likeness (QED) is 0.613. The van der Waals surface area contributed by atoms with Crippen LogP contribution in [0.15, 0.2) is 53.7 Å². The first kappa shape index (κ1) is 14.1. The Morgan fingerprint density at radius 2 is 1.80 bits per heavy atom. The highest BCUT2D eigenvalue weighted by Gasteiger charge is 2.03. The van der Waals surface area contributed by atoms with Crippen LogP contribution < -0.4 is 4.74 Å². The minimum atomic E-state index is -0.257. The molecule has 0 saturated heterocycles. The highest BCUT2D eigenvalue weighted by atomic mass is 19.1. The predicted molar refractivity (Wildman–Crippen MR) is 76.4 cm³/mol. The summed E-state index contributed by atoms with van der Waals surface area (Å²) in [5.41, 5.74) is 2.27. The molecule has 2 rings (SSSR count). The Morgan fingerprint density at radius 3 is 2.45 bits per heavy atom. The van der Waals surface area contributed by atoms with E-state index in [0.29, 0.717) is 11.3 Å². The lowest BCUT2D eigenvalue weighted by Crippen LogP contribution is -1.99. The molecule has 0 aromatic heterocycles. The van der Waals surface area contributed by atoms with Gasteiger partial charge in [0.2, 0.25) is 0 Å². The monoisotopic (exact) mass is 273 g/mol. The van der Waals surface area contributed by atoms with Crippen LogP contribution in [-0.4, -0.2) is 12.8 Å². The van der Waals surface area contributed by atoms with Gasteiger partial charge in [-0.15, -0.1) is 0 Å². The molecule has 0 radical (unpaired) electrons. The SMILES string of the molecule is CO/N=C(\C)c1ccc(OCc2ccccc2F)cc1. The van der Waals surface area contributed by atoms with Crippen molar-refractivity contribution in [3.63, 3.8) is 0 Å². The molecule has 0 atom stereocenters. The van der Waals surface area contributed by atoms with Crippen molar-refractivity contribution in [1.29, 1.82) is 0 Å². The molecule has 3 nitrogen and oxygen atoms in total. The number of ether oxygens (including phenoxy) is 1. The van der Waals surface area contributed by atoms with Crippen molar-refractivity contribution < 1.29 is 14.0 Å². The van der Waals surface area contributed by atoms with E-state index in [1.807, 2.05) is 31.2 Å². The van der Waals surface area contributed by atoms with Crippen molar-refractivity contribution in [1.82, 2.24) is 0 Å². The van der Waals surface area contributed by atoms with Gasteiger partial charge in [-0.25, -0.2) is 4.39 Å². The van der Waals surface area contributed by atoms with Gasteiger partial charge in [0.25, 0.3) is 0 Å². The topological polar surface area (TPSA) is 30.8 Å². The van der Waals surface area contributed by atoms with E-state index in [4.69, 9.17) is 9.57 Å². The number of oxime groups is 1. The zero-order chi connectivity index (χ0) is 14.4. The summed E-state index contributed by atoms with van der Waals surface area (Å²) in [6.07, 6.45) is 0. The molecule has 2 aromatic carbocycles. The van der Waals surface area contributed by atoms with Gasteiger partial charge in [-0.1, -0.05) is 23.4 Å². The summed E-state index contributed by atoms with van der Waals surface area (Å²) < 4.78 is 19.0. The Bertz CT molecular complexity index is 594. The van der Waals surface area contributed by atoms with Gasteiger partial charge in [0.1, 0.15) is 25.3 Å². The molecule has 2 aromatic rings. The molecule has 4 heteroatoms. The molecule has 0 saturated carbocycles. The average Bonchev–Trinajstić information content (AvgIpc) is 2.47. The predicted octanol–water partition coefficient (Wildman–Crippen LogP) is 3.78. The molecule has 0 amide bonds. The summed E-state index contributed by atoms with van der Waals surface area (Å²) in [4.78, 5) is 4.72. The van der Waals surface area contributed by atoms with Gasteiger partial charge in [0.15, 0.2) is 0 Å². The number of nitrogens with zero attached hydrogens (tertiary/aromatic N) is 1. The van der Waals surface area contributed by atoms with Crippen molar-refractivity contribution in [2.75, 3.05) is 7.11 Å². The summed E-state index contributed by atoms with van der Waals surface area (Å²) in [5.74, 6) is 0.425. The summed E-state index contributed by atoms with van der Waals surface area (Å²) in [7, 11) is 1.51. The molecule has 0 fully saturated rings. The van der Waals surface area contributed by atoms with Crippen LogP contribution in [0.25, 0.3) is 0 Å². The van der Waals surface area contributed by atoms with Crippen LogP contribution in [-0.2, 0) is 11.4 Å². The molecule has 0 heterocycles. The summed E-state index contributed by atoms with van der Waals surface area (Å²) >= 11 is 0. The lowest BCUT2D eigenvalue weighted by Gasteiger charge is -2.08. The molecular formula is C16H16FNO2. The second-order valence-corrected chi connectivity index (χ2v) is 4.26. The van der Waals surface area contributed by atoms with Crippen LogP contribution in [0.4, 0.5) is 4.39 Å². The van der Waals surface area contributed by atoms with Gasteiger partial charge in [-0.05, 0) is 42.8 Å². The standard InChI is InChI=1S/C16H16FNO2/c1-12(18-19-2)13-7-9-15(10-8-13)20-11-14-5-3-4-6-16(14)17/h3-10H,11H2,1-2H3/b18-12+. The van der Waals surface area contributed by atoms with E-state index in [-0.39, 0.29) is 12.4 Å². The largest absolute Gasteiger partial charge is 0.489 e. The van der Waals surface area contributed by atoms with Gasteiger partial charge < -0.3 is 9.57 Å². The van der Waals surface area contributed by atoms with E-state index in [9.17, 15) is 4.39 Å². The zero-order valence-corrected chi connectivity index (χ0v) is 11.5. The summed E-state index contributed by atoms with van der Waals surface area (Å²) in [6.45, 7) is 2.07. The first-order chi connectivity index (χ1) is 9.70. The van der Waals surface area contributed by atoms with Crippen molar-refractivity contribution >= 4 is 5.71 Å². The maximum Gasteiger partial charge on any atom is 0.129 e. The van der Waals surface area contributed by atoms with E-state index in [1.165, 1.54) is 13.2 Å². The molecule has 0 spiro atoms. The second kappa shape index (κ2) is 6.70. The van der Waals surface area contributed by atoms with Gasteiger partial charge in [0, 0.05) is 5.56 Å². The van der Waals surface area contributed by atoms with Crippen LogP contribution in [0, 0.1) is 5.82 Å². The van der Waals surface area contributed by atoms with Gasteiger partial charge in [0.05, 0.1) is 5.71 Å². The maximum absolute atomic E-state index is 13.4. The molecular weight excluding hydrogens is 257 g/mol. The van der Waals surface area contributed by atoms with Crippen molar-refractivity contribution in [2.24, 2.45) is 5.16 Å². The Balaban J connectivity index is 2.01. The van der Waals surface area contributed by atoms with Crippen LogP contribution >= 0.6 is 0 Å². The molecule has 104 valence electrons. The van der Waals surface area contributed by atoms with Gasteiger partial charge in [-0.3, -0.25) is 0 Å². The average molecular weight is 273 g/mol. The van der Waals surface area contributed by atoms with E-state index in [1.54, 1.807) is 18.2 Å². The third kappa shape index (κ3) is 3.57. The van der Waals surface area contributed by atoms with Crippen LogP contribution in [0.5, 0.6) is 5.75 Å². The van der Waals surface area contributed by atoms with E-state index in [2.05, 4.69) is 5.16 Å². The van der Waals surface area contributed by atoms with Crippen LogP contribution in [0.3, 0.4) is 0 Å². The van der Waals surface area contributed by atoms with E-state index >= 15 is 0 Å². The minimum absolute atomic E-state index is 0.206. The van der Waals surface area contributed by atoms with E-state index in [0.717, 1.165) is 11.3 Å². The maximum atomic E-state index is 13.4. The number of hydrogen-bond donors (Lipinski definition) is 0. The van der Waals surface area contributed by atoms with Crippen molar-refractivity contribution in [2.45, 2.75) is 13.5 Å². The Kier molecular flexibility index (Phi) is 4.71. The smallest absolute Gasteiger partial charge is 0.129 e. The van der Waals surface area contributed by atoms with Crippen molar-refractivity contribution in [3.05, 3.63) is 65.5 Å². The fourth-order valence-electron chi connectivity index (χ4n) is 1.76. The Morgan fingerprint density at radius 1 is 1.10 bits per heavy atom. The Hall–Kier alpha value is -2.36. The molecule has 0 aliphatic carbocycles. The van der Waals surface area contributed by atoms with Crippen LogP contribution in [0.1, 0.15) is 18.1 Å². The molecule has 20 heavy (non-hydrogen) atoms. The van der Waals surface area contributed by atoms with Gasteiger partial charge in [-0.2, -0.15) is 0 Å².